The lowest BCUT2D eigenvalue weighted by Gasteiger charge is -2.16. The fraction of sp³-hybridized carbons (Fsp3) is 0.0769. The minimum Gasteiger partial charge on any atom is -0.480 e. The number of nitrogens with one attached hydrogen (secondary N) is 2. The lowest BCUT2D eigenvalue weighted by molar-refractivity contribution is -0.142. The first-order valence-electron chi connectivity index (χ1n) is 10.6. The van der Waals surface area contributed by atoms with Crippen LogP contribution >= 0.6 is 23.2 Å². The maximum atomic E-state index is 12.9. The minimum absolute atomic E-state index is 0.213. The van der Waals surface area contributed by atoms with Crippen molar-refractivity contribution >= 4 is 53.0 Å². The Hall–Kier alpha value is -4.14. The fourth-order valence-electron chi connectivity index (χ4n) is 3.20. The molecule has 3 rings (SSSR count). The maximum absolute atomic E-state index is 12.9. The van der Waals surface area contributed by atoms with Crippen LogP contribution in [-0.4, -0.2) is 34.8 Å². The molecule has 0 aliphatic rings. The summed E-state index contributed by atoms with van der Waals surface area (Å²) in [6, 6.07) is 19.2. The van der Waals surface area contributed by atoms with E-state index in [4.69, 9.17) is 28.9 Å². The van der Waals surface area contributed by atoms with Gasteiger partial charge in [-0.1, -0.05) is 71.7 Å². The molecule has 0 aromatic heterocycles. The molecule has 0 saturated heterocycles. The van der Waals surface area contributed by atoms with Crippen molar-refractivity contribution < 1.29 is 24.3 Å². The van der Waals surface area contributed by atoms with Crippen molar-refractivity contribution in [1.82, 2.24) is 10.6 Å². The Morgan fingerprint density at radius 1 is 0.889 bits per heavy atom. The smallest absolute Gasteiger partial charge is 0.326 e. The Bertz CT molecular complexity index is 1330. The summed E-state index contributed by atoms with van der Waals surface area (Å²) < 4.78 is 0. The molecule has 8 nitrogen and oxygen atoms in total. The summed E-state index contributed by atoms with van der Waals surface area (Å²) in [5.41, 5.74) is 7.34. The number of carbonyl (C=O) groups excluding carboxylic acids is 3. The highest BCUT2D eigenvalue weighted by atomic mass is 35.5. The molecule has 36 heavy (non-hydrogen) atoms. The van der Waals surface area contributed by atoms with E-state index < -0.39 is 36.2 Å². The van der Waals surface area contributed by atoms with E-state index in [0.717, 1.165) is 11.1 Å². The summed E-state index contributed by atoms with van der Waals surface area (Å²) in [7, 11) is 0. The van der Waals surface area contributed by atoms with Crippen molar-refractivity contribution in [3.8, 4) is 11.1 Å². The number of benzene rings is 3. The van der Waals surface area contributed by atoms with Crippen LogP contribution in [0.2, 0.25) is 10.0 Å². The van der Waals surface area contributed by atoms with Crippen LogP contribution < -0.4 is 16.4 Å². The average molecular weight is 526 g/mol. The monoisotopic (exact) mass is 525 g/mol. The number of carbonyl (C=O) groups is 4. The molecule has 3 aromatic rings. The number of carboxylic acids is 1. The van der Waals surface area contributed by atoms with E-state index in [1.165, 1.54) is 18.2 Å². The highest BCUT2D eigenvalue weighted by Gasteiger charge is 2.25. The van der Waals surface area contributed by atoms with Crippen molar-refractivity contribution in [2.45, 2.75) is 12.5 Å². The number of rotatable bonds is 9. The van der Waals surface area contributed by atoms with Gasteiger partial charge in [-0.2, -0.15) is 0 Å². The average Bonchev–Trinajstić information content (AvgIpc) is 2.85. The molecule has 0 spiro atoms. The van der Waals surface area contributed by atoms with E-state index in [2.05, 4.69) is 10.6 Å². The van der Waals surface area contributed by atoms with Crippen LogP contribution in [0.25, 0.3) is 17.2 Å². The van der Waals surface area contributed by atoms with E-state index >= 15 is 0 Å². The number of carboxylic acid groups (broad SMARTS) is 1. The van der Waals surface area contributed by atoms with Crippen LogP contribution in [0.5, 0.6) is 0 Å². The molecule has 1 atom stereocenters. The Morgan fingerprint density at radius 3 is 2.11 bits per heavy atom. The zero-order chi connectivity index (χ0) is 26.2. The predicted octanol–water partition coefficient (Wildman–Crippen LogP) is 3.88. The molecule has 0 fully saturated rings. The summed E-state index contributed by atoms with van der Waals surface area (Å²) in [5.74, 6) is -3.93. The summed E-state index contributed by atoms with van der Waals surface area (Å²) in [5, 5.41) is 14.5. The van der Waals surface area contributed by atoms with Gasteiger partial charge in [-0.3, -0.25) is 14.4 Å². The minimum atomic E-state index is -1.59. The van der Waals surface area contributed by atoms with Gasteiger partial charge in [-0.05, 0) is 47.0 Å². The van der Waals surface area contributed by atoms with Crippen LogP contribution in [0.15, 0.2) is 78.5 Å². The van der Waals surface area contributed by atoms with Gasteiger partial charge >= 0.3 is 5.97 Å². The first-order valence-corrected chi connectivity index (χ1v) is 11.3. The highest BCUT2D eigenvalue weighted by Crippen LogP contribution is 2.24. The molecule has 3 aromatic carbocycles. The second-order valence-corrected chi connectivity index (χ2v) is 8.48. The Balaban J connectivity index is 1.88. The van der Waals surface area contributed by atoms with Crippen molar-refractivity contribution in [2.24, 2.45) is 5.73 Å². The Labute approximate surface area is 216 Å². The number of aliphatic carboxylic acids is 1. The Morgan fingerprint density at radius 2 is 1.53 bits per heavy atom. The molecule has 0 heterocycles. The lowest BCUT2D eigenvalue weighted by atomic mass is 10.0. The molecule has 3 amide bonds. The van der Waals surface area contributed by atoms with Gasteiger partial charge in [0.15, 0.2) is 0 Å². The number of hydrogen-bond donors (Lipinski definition) is 4. The van der Waals surface area contributed by atoms with Crippen molar-refractivity contribution in [2.75, 3.05) is 0 Å². The zero-order valence-corrected chi connectivity index (χ0v) is 20.2. The first-order chi connectivity index (χ1) is 17.1. The van der Waals surface area contributed by atoms with Gasteiger partial charge in [-0.25, -0.2) is 4.79 Å². The van der Waals surface area contributed by atoms with Gasteiger partial charge in [-0.15, -0.1) is 0 Å². The highest BCUT2D eigenvalue weighted by molar-refractivity contribution is 6.42. The summed E-state index contributed by atoms with van der Waals surface area (Å²) in [6.45, 7) is 0. The summed E-state index contributed by atoms with van der Waals surface area (Å²) in [6.07, 6.45) is 0.674. The molecular weight excluding hydrogens is 505 g/mol. The van der Waals surface area contributed by atoms with Crippen LogP contribution in [0.3, 0.4) is 0 Å². The molecule has 184 valence electrons. The topological polar surface area (TPSA) is 139 Å². The van der Waals surface area contributed by atoms with Gasteiger partial charge in [0.1, 0.15) is 11.7 Å². The number of primary amides is 1. The van der Waals surface area contributed by atoms with E-state index in [1.54, 1.807) is 30.3 Å². The molecule has 0 saturated carbocycles. The van der Waals surface area contributed by atoms with Gasteiger partial charge in [0.05, 0.1) is 16.5 Å². The molecule has 10 heteroatoms. The third-order valence-corrected chi connectivity index (χ3v) is 5.75. The Kier molecular flexibility index (Phi) is 8.83. The van der Waals surface area contributed by atoms with Gasteiger partial charge in [0.2, 0.25) is 5.91 Å². The quantitative estimate of drug-likeness (QED) is 0.314. The van der Waals surface area contributed by atoms with E-state index in [1.807, 2.05) is 30.3 Å². The van der Waals surface area contributed by atoms with Crippen molar-refractivity contribution in [3.05, 3.63) is 99.7 Å². The third-order valence-electron chi connectivity index (χ3n) is 5.01. The molecular formula is C26H21Cl2N3O5. The molecule has 0 bridgehead atoms. The normalized spacial score (nSPS) is 11.9. The molecule has 0 aliphatic carbocycles. The first kappa shape index (κ1) is 26.5. The van der Waals surface area contributed by atoms with Gasteiger partial charge in [0, 0.05) is 5.56 Å². The van der Waals surface area contributed by atoms with Crippen LogP contribution in [0.1, 0.15) is 22.3 Å². The van der Waals surface area contributed by atoms with Crippen LogP contribution in [-0.2, 0) is 14.4 Å². The number of hydrogen-bond acceptors (Lipinski definition) is 4. The maximum Gasteiger partial charge on any atom is 0.326 e. The van der Waals surface area contributed by atoms with Crippen molar-refractivity contribution in [1.29, 1.82) is 0 Å². The summed E-state index contributed by atoms with van der Waals surface area (Å²) in [4.78, 5) is 48.6. The molecule has 0 aliphatic heterocycles. The van der Waals surface area contributed by atoms with E-state index in [-0.39, 0.29) is 21.3 Å². The number of amides is 3. The third kappa shape index (κ3) is 7.18. The SMILES string of the molecule is NC(=O)C[C@@H](NC(=O)C(=Cc1ccc(Cl)c(Cl)c1)NC(=O)c1ccc(-c2ccccc2)cc1)C(=O)O. The predicted molar refractivity (Wildman–Crippen MR) is 137 cm³/mol. The summed E-state index contributed by atoms with van der Waals surface area (Å²) >= 11 is 12.0. The standard InChI is InChI=1S/C26H21Cl2N3O5/c27-19-11-6-15(12-20(19)28)13-21(25(34)31-22(26(35)36)14-23(29)32)30-24(33)18-9-7-17(8-10-18)16-4-2-1-3-5-16/h1-13,22H,14H2,(H2,29,32)(H,30,33)(H,31,34)(H,35,36)/t22-/m1/s1. The van der Waals surface area contributed by atoms with Crippen LogP contribution in [0, 0.1) is 0 Å². The number of halogens is 2. The lowest BCUT2D eigenvalue weighted by Crippen LogP contribution is -2.46. The zero-order valence-electron chi connectivity index (χ0n) is 18.7. The molecule has 0 radical (unpaired) electrons. The van der Waals surface area contributed by atoms with Crippen molar-refractivity contribution in [3.63, 3.8) is 0 Å². The van der Waals surface area contributed by atoms with E-state index in [0.29, 0.717) is 5.56 Å². The largest absolute Gasteiger partial charge is 0.480 e. The molecule has 0 unspecified atom stereocenters. The van der Waals surface area contributed by atoms with E-state index in [9.17, 15) is 24.3 Å². The van der Waals surface area contributed by atoms with Gasteiger partial charge in [0.25, 0.3) is 11.8 Å². The number of nitrogens with two attached hydrogens (primary N) is 1. The second-order valence-electron chi connectivity index (χ2n) is 7.66. The molecule has 5 N–H and O–H groups in total. The van der Waals surface area contributed by atoms with Gasteiger partial charge < -0.3 is 21.5 Å². The fourth-order valence-corrected chi connectivity index (χ4v) is 3.51. The van der Waals surface area contributed by atoms with Crippen LogP contribution in [0.4, 0.5) is 0 Å². The second kappa shape index (κ2) is 12.0.